The van der Waals surface area contributed by atoms with Gasteiger partial charge < -0.3 is 0 Å². The second-order valence-electron chi connectivity index (χ2n) is 5.96. The van der Waals surface area contributed by atoms with Gasteiger partial charge in [-0.3, -0.25) is 19.5 Å². The molecule has 2 aromatic heterocycles. The minimum absolute atomic E-state index is 0.280. The average molecular weight is 476 g/mol. The zero-order chi connectivity index (χ0) is 19.8. The number of carbonyl (C=O) groups is 1. The van der Waals surface area contributed by atoms with Gasteiger partial charge in [-0.2, -0.15) is 4.98 Å². The van der Waals surface area contributed by atoms with E-state index in [2.05, 4.69) is 31.2 Å². The molecule has 0 aliphatic rings. The number of benzene rings is 2. The van der Waals surface area contributed by atoms with Crippen molar-refractivity contribution in [3.63, 3.8) is 0 Å². The van der Waals surface area contributed by atoms with Crippen LogP contribution >= 0.6 is 38.9 Å². The zero-order valence-corrected chi connectivity index (χ0v) is 17.6. The molecule has 140 valence electrons. The number of nitrogens with zero attached hydrogens (tertiary/aromatic N) is 3. The third kappa shape index (κ3) is 3.46. The summed E-state index contributed by atoms with van der Waals surface area (Å²) in [5.41, 5.74) is 1.91. The fraction of sp³-hybridized carbons (Fsp3) is 0.0526. The number of carbonyl (C=O) groups excluding carboxylic acids is 1. The van der Waals surface area contributed by atoms with Gasteiger partial charge in [0, 0.05) is 10.0 Å². The van der Waals surface area contributed by atoms with E-state index in [9.17, 15) is 9.59 Å². The quantitative estimate of drug-likeness (QED) is 0.461. The summed E-state index contributed by atoms with van der Waals surface area (Å²) in [6.07, 6.45) is 1.40. The molecule has 0 bridgehead atoms. The van der Waals surface area contributed by atoms with Crippen LogP contribution in [0.3, 0.4) is 0 Å². The number of halogens is 2. The van der Waals surface area contributed by atoms with Crippen molar-refractivity contribution in [2.45, 2.75) is 6.92 Å². The molecule has 1 amide bonds. The number of anilines is 1. The molecular weight excluding hydrogens is 464 g/mol. The van der Waals surface area contributed by atoms with E-state index in [0.29, 0.717) is 26.1 Å². The first kappa shape index (κ1) is 18.8. The van der Waals surface area contributed by atoms with E-state index < -0.39 is 0 Å². The van der Waals surface area contributed by atoms with Gasteiger partial charge in [-0.05, 0) is 42.8 Å². The van der Waals surface area contributed by atoms with Crippen LogP contribution in [0.2, 0.25) is 5.02 Å². The third-order valence-electron chi connectivity index (χ3n) is 4.07. The summed E-state index contributed by atoms with van der Waals surface area (Å²) in [5, 5.41) is 3.48. The Hall–Kier alpha value is -2.55. The van der Waals surface area contributed by atoms with Crippen molar-refractivity contribution in [1.29, 1.82) is 0 Å². The van der Waals surface area contributed by atoms with Gasteiger partial charge in [0.05, 0.1) is 10.7 Å². The van der Waals surface area contributed by atoms with Gasteiger partial charge in [0.1, 0.15) is 11.0 Å². The maximum absolute atomic E-state index is 13.0. The molecule has 28 heavy (non-hydrogen) atoms. The predicted molar refractivity (Wildman–Crippen MR) is 115 cm³/mol. The molecule has 2 aromatic carbocycles. The summed E-state index contributed by atoms with van der Waals surface area (Å²) in [6, 6.07) is 12.3. The van der Waals surface area contributed by atoms with E-state index in [0.717, 1.165) is 21.4 Å². The normalized spacial score (nSPS) is 11.0. The molecule has 1 N–H and O–H groups in total. The van der Waals surface area contributed by atoms with Crippen molar-refractivity contribution in [3.05, 3.63) is 79.8 Å². The Bertz CT molecular complexity index is 1250. The van der Waals surface area contributed by atoms with E-state index in [1.165, 1.54) is 10.9 Å². The largest absolute Gasteiger partial charge is 0.298 e. The van der Waals surface area contributed by atoms with Crippen LogP contribution in [-0.2, 0) is 0 Å². The highest BCUT2D eigenvalue weighted by atomic mass is 79.9. The van der Waals surface area contributed by atoms with Gasteiger partial charge in [-0.15, -0.1) is 0 Å². The highest BCUT2D eigenvalue weighted by molar-refractivity contribution is 9.10. The van der Waals surface area contributed by atoms with Crippen molar-refractivity contribution in [3.8, 4) is 5.69 Å². The maximum Gasteiger partial charge on any atom is 0.277 e. The molecule has 0 radical (unpaired) electrons. The number of thiazole rings is 1. The van der Waals surface area contributed by atoms with Crippen molar-refractivity contribution in [2.75, 3.05) is 5.32 Å². The van der Waals surface area contributed by atoms with Gasteiger partial charge in [-0.25, -0.2) is 4.98 Å². The Kier molecular flexibility index (Phi) is 5.01. The number of aryl methyl sites for hydroxylation is 1. The van der Waals surface area contributed by atoms with Crippen LogP contribution in [0.15, 0.2) is 58.1 Å². The van der Waals surface area contributed by atoms with E-state index in [4.69, 9.17) is 11.6 Å². The summed E-state index contributed by atoms with van der Waals surface area (Å²) in [6.45, 7) is 1.87. The molecule has 4 rings (SSSR count). The Morgan fingerprint density at radius 1 is 1.21 bits per heavy atom. The molecule has 0 saturated heterocycles. The molecule has 0 unspecified atom stereocenters. The Balaban J connectivity index is 1.72. The molecule has 0 atom stereocenters. The van der Waals surface area contributed by atoms with Crippen molar-refractivity contribution < 1.29 is 4.79 Å². The second kappa shape index (κ2) is 7.46. The van der Waals surface area contributed by atoms with Crippen LogP contribution < -0.4 is 10.9 Å². The van der Waals surface area contributed by atoms with Crippen LogP contribution in [-0.4, -0.2) is 20.4 Å². The number of hydrogen-bond acceptors (Lipinski definition) is 5. The van der Waals surface area contributed by atoms with Gasteiger partial charge in [0.15, 0.2) is 10.8 Å². The third-order valence-corrected chi connectivity index (χ3v) is 5.86. The predicted octanol–water partition coefficient (Wildman–Crippen LogP) is 4.82. The smallest absolute Gasteiger partial charge is 0.277 e. The molecule has 2 heterocycles. The minimum Gasteiger partial charge on any atom is -0.298 e. The van der Waals surface area contributed by atoms with Crippen LogP contribution in [0.4, 0.5) is 5.13 Å². The van der Waals surface area contributed by atoms with Crippen LogP contribution in [0.25, 0.3) is 16.0 Å². The lowest BCUT2D eigenvalue weighted by Crippen LogP contribution is -2.19. The second-order valence-corrected chi connectivity index (χ2v) is 8.28. The van der Waals surface area contributed by atoms with Gasteiger partial charge in [0.2, 0.25) is 0 Å². The minimum atomic E-state index is -0.311. The molecule has 0 aliphatic heterocycles. The lowest BCUT2D eigenvalue weighted by atomic mass is 10.2. The topological polar surface area (TPSA) is 76.9 Å². The number of aromatic nitrogens is 3. The van der Waals surface area contributed by atoms with Crippen molar-refractivity contribution >= 4 is 60.3 Å². The van der Waals surface area contributed by atoms with E-state index >= 15 is 0 Å². The highest BCUT2D eigenvalue weighted by Gasteiger charge is 2.16. The van der Waals surface area contributed by atoms with Gasteiger partial charge in [-0.1, -0.05) is 51.0 Å². The number of nitrogens with one attached hydrogen (secondary N) is 1. The van der Waals surface area contributed by atoms with Crippen molar-refractivity contribution in [1.82, 2.24) is 14.5 Å². The molecular formula is C19H12BrClN4O2S. The zero-order valence-electron chi connectivity index (χ0n) is 14.4. The summed E-state index contributed by atoms with van der Waals surface area (Å²) in [5.74, 6) is -0.311. The summed E-state index contributed by atoms with van der Waals surface area (Å²) in [4.78, 5) is 33.9. The van der Waals surface area contributed by atoms with E-state index in [1.807, 2.05) is 19.1 Å². The first-order valence-corrected chi connectivity index (χ1v) is 10.1. The maximum atomic E-state index is 13.0. The van der Waals surface area contributed by atoms with Crippen LogP contribution in [0.1, 0.15) is 15.9 Å². The van der Waals surface area contributed by atoms with E-state index in [1.54, 1.807) is 30.3 Å². The Labute approximate surface area is 177 Å². The molecule has 0 aliphatic carbocycles. The standard InChI is InChI=1S/C19H12BrClN4O2S/c1-10-3-2-4-13(21)14(10)25-9-22-16-15(18(25)27)28-19(23-16)24-17(26)11-5-7-12(20)8-6-11/h2-9H,1H3,(H,23,24,26). The molecule has 6 nitrogen and oxygen atoms in total. The Morgan fingerprint density at radius 3 is 2.68 bits per heavy atom. The number of rotatable bonds is 3. The lowest BCUT2D eigenvalue weighted by Gasteiger charge is -2.10. The van der Waals surface area contributed by atoms with Crippen LogP contribution in [0, 0.1) is 6.92 Å². The molecule has 4 aromatic rings. The number of fused-ring (bicyclic) bond motifs is 1. The SMILES string of the molecule is Cc1cccc(Cl)c1-n1cnc2nc(NC(=O)c3ccc(Br)cc3)sc2c1=O. The molecule has 0 fully saturated rings. The Morgan fingerprint density at radius 2 is 1.96 bits per heavy atom. The van der Waals surface area contributed by atoms with Crippen LogP contribution in [0.5, 0.6) is 0 Å². The summed E-state index contributed by atoms with van der Waals surface area (Å²) < 4.78 is 2.62. The van der Waals surface area contributed by atoms with Crippen molar-refractivity contribution in [2.24, 2.45) is 0 Å². The first-order chi connectivity index (χ1) is 13.4. The number of amides is 1. The summed E-state index contributed by atoms with van der Waals surface area (Å²) in [7, 11) is 0. The van der Waals surface area contributed by atoms with E-state index in [-0.39, 0.29) is 17.1 Å². The monoisotopic (exact) mass is 474 g/mol. The fourth-order valence-corrected chi connectivity index (χ4v) is 4.15. The molecule has 0 spiro atoms. The molecule has 0 saturated carbocycles. The van der Waals surface area contributed by atoms with Gasteiger partial charge in [0.25, 0.3) is 11.5 Å². The lowest BCUT2D eigenvalue weighted by molar-refractivity contribution is 0.102. The fourth-order valence-electron chi connectivity index (χ4n) is 2.72. The number of hydrogen-bond donors (Lipinski definition) is 1. The van der Waals surface area contributed by atoms with Gasteiger partial charge >= 0.3 is 0 Å². The average Bonchev–Trinajstić information content (AvgIpc) is 3.07. The first-order valence-electron chi connectivity index (χ1n) is 8.14. The number of para-hydroxylation sites is 1. The highest BCUT2D eigenvalue weighted by Crippen LogP contribution is 2.26. The molecule has 9 heteroatoms. The summed E-state index contributed by atoms with van der Waals surface area (Å²) >= 11 is 10.7.